The van der Waals surface area contributed by atoms with Crippen molar-refractivity contribution in [3.05, 3.63) is 59.7 Å². The lowest BCUT2D eigenvalue weighted by molar-refractivity contribution is 0.331. The van der Waals surface area contributed by atoms with Crippen molar-refractivity contribution in [2.24, 2.45) is 5.73 Å². The molecule has 0 aliphatic carbocycles. The van der Waals surface area contributed by atoms with Crippen molar-refractivity contribution in [1.82, 2.24) is 4.90 Å². The SMILES string of the molecule is NCc1ccc(-c2cccc(CN3CCCC3)c2)cc1. The number of hydrogen-bond donors (Lipinski definition) is 1. The summed E-state index contributed by atoms with van der Waals surface area (Å²) in [7, 11) is 0. The number of nitrogens with zero attached hydrogens (tertiary/aromatic N) is 1. The Morgan fingerprint density at radius 3 is 2.30 bits per heavy atom. The molecule has 3 rings (SSSR count). The highest BCUT2D eigenvalue weighted by Crippen LogP contribution is 2.22. The average Bonchev–Trinajstić information content (AvgIpc) is 3.01. The van der Waals surface area contributed by atoms with Gasteiger partial charge in [-0.1, -0.05) is 42.5 Å². The van der Waals surface area contributed by atoms with Crippen LogP contribution >= 0.6 is 0 Å². The van der Waals surface area contributed by atoms with Crippen LogP contribution in [0.3, 0.4) is 0 Å². The Morgan fingerprint density at radius 2 is 1.60 bits per heavy atom. The molecule has 1 heterocycles. The predicted molar refractivity (Wildman–Crippen MR) is 84.3 cm³/mol. The molecule has 2 aromatic carbocycles. The number of likely N-dealkylation sites (tertiary alicyclic amines) is 1. The Kier molecular flexibility index (Phi) is 4.14. The predicted octanol–water partition coefficient (Wildman–Crippen LogP) is 3.41. The molecule has 1 aliphatic rings. The third kappa shape index (κ3) is 3.09. The van der Waals surface area contributed by atoms with Crippen LogP contribution in [0, 0.1) is 0 Å². The molecule has 2 aromatic rings. The molecule has 104 valence electrons. The Labute approximate surface area is 121 Å². The van der Waals surface area contributed by atoms with Crippen molar-refractivity contribution in [1.29, 1.82) is 0 Å². The molecule has 0 amide bonds. The van der Waals surface area contributed by atoms with Gasteiger partial charge >= 0.3 is 0 Å². The summed E-state index contributed by atoms with van der Waals surface area (Å²) in [5.74, 6) is 0. The van der Waals surface area contributed by atoms with Crippen LogP contribution in [-0.2, 0) is 13.1 Å². The molecule has 0 spiro atoms. The zero-order chi connectivity index (χ0) is 13.8. The second kappa shape index (κ2) is 6.21. The zero-order valence-electron chi connectivity index (χ0n) is 11.9. The number of benzene rings is 2. The van der Waals surface area contributed by atoms with Gasteiger partial charge in [0.1, 0.15) is 0 Å². The fourth-order valence-electron chi connectivity index (χ4n) is 2.88. The molecule has 0 unspecified atom stereocenters. The fraction of sp³-hybridized carbons (Fsp3) is 0.333. The van der Waals surface area contributed by atoms with Crippen LogP contribution in [0.2, 0.25) is 0 Å². The Morgan fingerprint density at radius 1 is 0.850 bits per heavy atom. The van der Waals surface area contributed by atoms with E-state index in [1.807, 2.05) is 0 Å². The third-order valence-electron chi connectivity index (χ3n) is 4.05. The van der Waals surface area contributed by atoms with Gasteiger partial charge in [0, 0.05) is 13.1 Å². The van der Waals surface area contributed by atoms with Crippen molar-refractivity contribution in [2.45, 2.75) is 25.9 Å². The van der Waals surface area contributed by atoms with Gasteiger partial charge in [0.25, 0.3) is 0 Å². The first-order valence-corrected chi connectivity index (χ1v) is 7.46. The molecule has 2 nitrogen and oxygen atoms in total. The summed E-state index contributed by atoms with van der Waals surface area (Å²) in [4.78, 5) is 2.54. The number of nitrogens with two attached hydrogens (primary N) is 1. The van der Waals surface area contributed by atoms with E-state index in [2.05, 4.69) is 53.4 Å². The Balaban J connectivity index is 1.78. The molecule has 20 heavy (non-hydrogen) atoms. The largest absolute Gasteiger partial charge is 0.326 e. The van der Waals surface area contributed by atoms with Gasteiger partial charge < -0.3 is 5.73 Å². The minimum Gasteiger partial charge on any atom is -0.326 e. The van der Waals surface area contributed by atoms with Crippen molar-refractivity contribution in [2.75, 3.05) is 13.1 Å². The monoisotopic (exact) mass is 266 g/mol. The van der Waals surface area contributed by atoms with E-state index in [4.69, 9.17) is 5.73 Å². The van der Waals surface area contributed by atoms with Gasteiger partial charge in [-0.2, -0.15) is 0 Å². The summed E-state index contributed by atoms with van der Waals surface area (Å²) in [5, 5.41) is 0. The van der Waals surface area contributed by atoms with Gasteiger partial charge in [-0.25, -0.2) is 0 Å². The summed E-state index contributed by atoms with van der Waals surface area (Å²) >= 11 is 0. The van der Waals surface area contributed by atoms with Gasteiger partial charge in [-0.3, -0.25) is 4.90 Å². The average molecular weight is 266 g/mol. The number of hydrogen-bond acceptors (Lipinski definition) is 2. The second-order valence-electron chi connectivity index (χ2n) is 5.58. The summed E-state index contributed by atoms with van der Waals surface area (Å²) in [6, 6.07) is 17.5. The van der Waals surface area contributed by atoms with Gasteiger partial charge in [0.15, 0.2) is 0 Å². The summed E-state index contributed by atoms with van der Waals surface area (Å²) in [6.45, 7) is 4.18. The van der Waals surface area contributed by atoms with Crippen molar-refractivity contribution >= 4 is 0 Å². The van der Waals surface area contributed by atoms with Crippen LogP contribution in [0.1, 0.15) is 24.0 Å². The molecule has 1 fully saturated rings. The molecule has 0 bridgehead atoms. The van der Waals surface area contributed by atoms with E-state index < -0.39 is 0 Å². The lowest BCUT2D eigenvalue weighted by Gasteiger charge is -2.15. The summed E-state index contributed by atoms with van der Waals surface area (Å²) in [6.07, 6.45) is 2.69. The maximum absolute atomic E-state index is 5.65. The molecule has 1 saturated heterocycles. The first-order valence-electron chi connectivity index (χ1n) is 7.46. The van der Waals surface area contributed by atoms with Crippen LogP contribution in [-0.4, -0.2) is 18.0 Å². The first kappa shape index (κ1) is 13.3. The van der Waals surface area contributed by atoms with Crippen molar-refractivity contribution in [3.63, 3.8) is 0 Å². The van der Waals surface area contributed by atoms with E-state index >= 15 is 0 Å². The third-order valence-corrected chi connectivity index (χ3v) is 4.05. The molecule has 0 saturated carbocycles. The Bertz CT molecular complexity index is 554. The highest BCUT2D eigenvalue weighted by Gasteiger charge is 2.11. The van der Waals surface area contributed by atoms with Crippen molar-refractivity contribution < 1.29 is 0 Å². The standard InChI is InChI=1S/C18H22N2/c19-13-15-6-8-17(9-7-15)18-5-3-4-16(12-18)14-20-10-1-2-11-20/h3-9,12H,1-2,10-11,13-14,19H2. The molecular weight excluding hydrogens is 244 g/mol. The topological polar surface area (TPSA) is 29.3 Å². The Hall–Kier alpha value is -1.64. The van der Waals surface area contributed by atoms with E-state index in [0.717, 1.165) is 6.54 Å². The van der Waals surface area contributed by atoms with Crippen LogP contribution in [0.4, 0.5) is 0 Å². The summed E-state index contributed by atoms with van der Waals surface area (Å²) < 4.78 is 0. The van der Waals surface area contributed by atoms with Crippen LogP contribution < -0.4 is 5.73 Å². The highest BCUT2D eigenvalue weighted by atomic mass is 15.1. The second-order valence-corrected chi connectivity index (χ2v) is 5.58. The smallest absolute Gasteiger partial charge is 0.0233 e. The van der Waals surface area contributed by atoms with Crippen molar-refractivity contribution in [3.8, 4) is 11.1 Å². The van der Waals surface area contributed by atoms with Gasteiger partial charge in [0.05, 0.1) is 0 Å². The maximum Gasteiger partial charge on any atom is 0.0233 e. The van der Waals surface area contributed by atoms with Gasteiger partial charge in [0.2, 0.25) is 0 Å². The molecular formula is C18H22N2. The fourth-order valence-corrected chi connectivity index (χ4v) is 2.88. The molecule has 1 aliphatic heterocycles. The summed E-state index contributed by atoms with van der Waals surface area (Å²) in [5.41, 5.74) is 10.8. The minimum absolute atomic E-state index is 0.606. The van der Waals surface area contributed by atoms with Crippen LogP contribution in [0.5, 0.6) is 0 Å². The molecule has 2 heteroatoms. The van der Waals surface area contributed by atoms with Gasteiger partial charge in [-0.05, 0) is 54.3 Å². The number of rotatable bonds is 4. The molecule has 0 radical (unpaired) electrons. The van der Waals surface area contributed by atoms with E-state index in [9.17, 15) is 0 Å². The quantitative estimate of drug-likeness (QED) is 0.919. The lowest BCUT2D eigenvalue weighted by atomic mass is 10.0. The van der Waals surface area contributed by atoms with Crippen LogP contribution in [0.15, 0.2) is 48.5 Å². The normalized spacial score (nSPS) is 15.7. The highest BCUT2D eigenvalue weighted by molar-refractivity contribution is 5.64. The first-order chi connectivity index (χ1) is 9.85. The lowest BCUT2D eigenvalue weighted by Crippen LogP contribution is -2.18. The molecule has 0 atom stereocenters. The zero-order valence-corrected chi connectivity index (χ0v) is 11.9. The van der Waals surface area contributed by atoms with E-state index in [0.29, 0.717) is 6.54 Å². The molecule has 2 N–H and O–H groups in total. The van der Waals surface area contributed by atoms with Crippen LogP contribution in [0.25, 0.3) is 11.1 Å². The van der Waals surface area contributed by atoms with E-state index in [1.54, 1.807) is 0 Å². The van der Waals surface area contributed by atoms with E-state index in [1.165, 1.54) is 48.2 Å². The minimum atomic E-state index is 0.606. The molecule has 0 aromatic heterocycles. The maximum atomic E-state index is 5.65. The van der Waals surface area contributed by atoms with Gasteiger partial charge in [-0.15, -0.1) is 0 Å². The van der Waals surface area contributed by atoms with E-state index in [-0.39, 0.29) is 0 Å².